The van der Waals surface area contributed by atoms with Crippen molar-refractivity contribution < 1.29 is 22.8 Å². The summed E-state index contributed by atoms with van der Waals surface area (Å²) in [4.78, 5) is 25.0. The summed E-state index contributed by atoms with van der Waals surface area (Å²) in [7, 11) is 0. The van der Waals surface area contributed by atoms with Crippen LogP contribution < -0.4 is 4.90 Å². The quantitative estimate of drug-likeness (QED) is 0.795. The molecule has 6 heteroatoms. The van der Waals surface area contributed by atoms with Crippen molar-refractivity contribution in [3.63, 3.8) is 0 Å². The van der Waals surface area contributed by atoms with Gasteiger partial charge in [-0.2, -0.15) is 13.2 Å². The maximum absolute atomic E-state index is 12.7. The van der Waals surface area contributed by atoms with Gasteiger partial charge in [0.05, 0.1) is 16.8 Å². The van der Waals surface area contributed by atoms with E-state index in [2.05, 4.69) is 0 Å². The molecular weight excluding hydrogens is 283 g/mol. The molecule has 0 aromatic heterocycles. The number of hydrogen-bond donors (Lipinski definition) is 0. The number of hydrogen-bond acceptors (Lipinski definition) is 2. The number of halogens is 3. The van der Waals surface area contributed by atoms with E-state index >= 15 is 0 Å². The summed E-state index contributed by atoms with van der Waals surface area (Å²) >= 11 is 0. The molecule has 0 atom stereocenters. The van der Waals surface area contributed by atoms with Gasteiger partial charge in [0.15, 0.2) is 0 Å². The molecule has 1 aliphatic heterocycles. The van der Waals surface area contributed by atoms with E-state index in [0.717, 1.165) is 18.6 Å². The monoisotopic (exact) mass is 299 g/mol. The molecule has 2 rings (SSSR count). The SMILES string of the molecule is CC(C)CCCN1C(=O)C(=O)c2cc(C(F)(F)F)ccc21. The second kappa shape index (κ2) is 5.50. The Hall–Kier alpha value is -1.85. The highest BCUT2D eigenvalue weighted by atomic mass is 19.4. The minimum absolute atomic E-state index is 0.153. The first-order chi connectivity index (χ1) is 9.71. The summed E-state index contributed by atoms with van der Waals surface area (Å²) in [5, 5.41) is 0. The highest BCUT2D eigenvalue weighted by Gasteiger charge is 2.38. The number of rotatable bonds is 4. The van der Waals surface area contributed by atoms with Gasteiger partial charge in [-0.15, -0.1) is 0 Å². The molecular formula is C15H16F3NO2. The molecule has 0 fully saturated rings. The van der Waals surface area contributed by atoms with Crippen LogP contribution in [0.4, 0.5) is 18.9 Å². The van der Waals surface area contributed by atoms with Gasteiger partial charge in [0.25, 0.3) is 11.7 Å². The van der Waals surface area contributed by atoms with Gasteiger partial charge in [-0.1, -0.05) is 13.8 Å². The number of nitrogens with zero attached hydrogens (tertiary/aromatic N) is 1. The molecule has 0 radical (unpaired) electrons. The van der Waals surface area contributed by atoms with Crippen molar-refractivity contribution in [3.8, 4) is 0 Å². The molecule has 0 spiro atoms. The zero-order chi connectivity index (χ0) is 15.8. The second-order valence-corrected chi connectivity index (χ2v) is 5.55. The summed E-state index contributed by atoms with van der Waals surface area (Å²) in [5.41, 5.74) is -0.785. The molecule has 21 heavy (non-hydrogen) atoms. The van der Waals surface area contributed by atoms with E-state index in [9.17, 15) is 22.8 Å². The lowest BCUT2D eigenvalue weighted by Crippen LogP contribution is -2.30. The van der Waals surface area contributed by atoms with Gasteiger partial charge >= 0.3 is 6.18 Å². The Morgan fingerprint density at radius 1 is 1.19 bits per heavy atom. The molecule has 1 amide bonds. The number of anilines is 1. The Labute approximate surface area is 120 Å². The Bertz CT molecular complexity index is 579. The predicted molar refractivity (Wildman–Crippen MR) is 72.2 cm³/mol. The van der Waals surface area contributed by atoms with Crippen molar-refractivity contribution in [1.29, 1.82) is 0 Å². The largest absolute Gasteiger partial charge is 0.416 e. The maximum Gasteiger partial charge on any atom is 0.416 e. The van der Waals surface area contributed by atoms with Crippen molar-refractivity contribution >= 4 is 17.4 Å². The minimum Gasteiger partial charge on any atom is -0.305 e. The van der Waals surface area contributed by atoms with Crippen molar-refractivity contribution in [3.05, 3.63) is 29.3 Å². The number of Topliss-reactive ketones (excluding diaryl/α,β-unsaturated/α-hetero) is 1. The van der Waals surface area contributed by atoms with Crippen LogP contribution in [0.3, 0.4) is 0 Å². The Morgan fingerprint density at radius 2 is 1.86 bits per heavy atom. The first kappa shape index (κ1) is 15.5. The molecule has 3 nitrogen and oxygen atoms in total. The van der Waals surface area contributed by atoms with Crippen molar-refractivity contribution in [2.75, 3.05) is 11.4 Å². The van der Waals surface area contributed by atoms with Gasteiger partial charge in [-0.05, 0) is 37.0 Å². The van der Waals surface area contributed by atoms with Crippen LogP contribution in [0.15, 0.2) is 18.2 Å². The number of fused-ring (bicyclic) bond motifs is 1. The highest BCUT2D eigenvalue weighted by molar-refractivity contribution is 6.52. The fraction of sp³-hybridized carbons (Fsp3) is 0.467. The maximum atomic E-state index is 12.7. The predicted octanol–water partition coefficient (Wildman–Crippen LogP) is 3.67. The molecule has 0 aliphatic carbocycles. The van der Waals surface area contributed by atoms with Gasteiger partial charge in [-0.25, -0.2) is 0 Å². The molecule has 0 N–H and O–H groups in total. The summed E-state index contributed by atoms with van der Waals surface area (Å²) in [5.74, 6) is -1.14. The first-order valence-corrected chi connectivity index (χ1v) is 6.79. The fourth-order valence-electron chi connectivity index (χ4n) is 2.36. The topological polar surface area (TPSA) is 37.4 Å². The number of ketones is 1. The van der Waals surface area contributed by atoms with Crippen molar-refractivity contribution in [2.45, 2.75) is 32.9 Å². The van der Waals surface area contributed by atoms with Crippen LogP contribution >= 0.6 is 0 Å². The van der Waals surface area contributed by atoms with Crippen LogP contribution in [-0.4, -0.2) is 18.2 Å². The van der Waals surface area contributed by atoms with E-state index < -0.39 is 23.4 Å². The normalized spacial score (nSPS) is 15.0. The minimum atomic E-state index is -4.52. The third-order valence-corrected chi connectivity index (χ3v) is 3.46. The summed E-state index contributed by atoms with van der Waals surface area (Å²) < 4.78 is 38.0. The lowest BCUT2D eigenvalue weighted by molar-refractivity contribution is -0.137. The molecule has 0 saturated heterocycles. The molecule has 1 aliphatic rings. The standard InChI is InChI=1S/C15H16F3NO2/c1-9(2)4-3-7-19-12-6-5-10(15(16,17)18)8-11(12)13(20)14(19)21/h5-6,8-9H,3-4,7H2,1-2H3. The molecule has 1 aromatic rings. The lowest BCUT2D eigenvalue weighted by atomic mass is 10.1. The van der Waals surface area contributed by atoms with Crippen LogP contribution in [0.25, 0.3) is 0 Å². The van der Waals surface area contributed by atoms with Gasteiger partial charge in [0.1, 0.15) is 0 Å². The molecule has 0 unspecified atom stereocenters. The zero-order valence-electron chi connectivity index (χ0n) is 11.8. The molecule has 0 saturated carbocycles. The Balaban J connectivity index is 2.26. The smallest absolute Gasteiger partial charge is 0.305 e. The van der Waals surface area contributed by atoms with Crippen LogP contribution in [0, 0.1) is 5.92 Å². The molecule has 114 valence electrons. The highest BCUT2D eigenvalue weighted by Crippen LogP contribution is 2.36. The summed E-state index contributed by atoms with van der Waals surface area (Å²) in [6.45, 7) is 4.43. The van der Waals surface area contributed by atoms with Gasteiger partial charge in [0.2, 0.25) is 0 Å². The number of amides is 1. The summed E-state index contributed by atoms with van der Waals surface area (Å²) in [6, 6.07) is 2.87. The number of alkyl halides is 3. The van der Waals surface area contributed by atoms with E-state index in [1.807, 2.05) is 13.8 Å². The Kier molecular flexibility index (Phi) is 4.07. The van der Waals surface area contributed by atoms with Crippen LogP contribution in [0.2, 0.25) is 0 Å². The number of carbonyl (C=O) groups excluding carboxylic acids is 2. The lowest BCUT2D eigenvalue weighted by Gasteiger charge is -2.17. The van der Waals surface area contributed by atoms with E-state index in [1.165, 1.54) is 11.0 Å². The van der Waals surface area contributed by atoms with Gasteiger partial charge in [0, 0.05) is 6.54 Å². The second-order valence-electron chi connectivity index (χ2n) is 5.55. The van der Waals surface area contributed by atoms with Gasteiger partial charge < -0.3 is 4.90 Å². The van der Waals surface area contributed by atoms with E-state index in [4.69, 9.17) is 0 Å². The van der Waals surface area contributed by atoms with Crippen LogP contribution in [0.1, 0.15) is 42.6 Å². The van der Waals surface area contributed by atoms with Crippen LogP contribution in [-0.2, 0) is 11.0 Å². The third-order valence-electron chi connectivity index (χ3n) is 3.46. The molecule has 1 aromatic carbocycles. The number of benzene rings is 1. The average Bonchev–Trinajstić information content (AvgIpc) is 2.62. The molecule has 1 heterocycles. The fourth-order valence-corrected chi connectivity index (χ4v) is 2.36. The third kappa shape index (κ3) is 3.09. The first-order valence-electron chi connectivity index (χ1n) is 6.79. The number of carbonyl (C=O) groups is 2. The molecule has 0 bridgehead atoms. The van der Waals surface area contributed by atoms with E-state index in [-0.39, 0.29) is 11.3 Å². The average molecular weight is 299 g/mol. The Morgan fingerprint density at radius 3 is 2.43 bits per heavy atom. The van der Waals surface area contributed by atoms with Crippen molar-refractivity contribution in [1.82, 2.24) is 0 Å². The van der Waals surface area contributed by atoms with Crippen molar-refractivity contribution in [2.24, 2.45) is 5.92 Å². The van der Waals surface area contributed by atoms with E-state index in [1.54, 1.807) is 0 Å². The van der Waals surface area contributed by atoms with Crippen LogP contribution in [0.5, 0.6) is 0 Å². The van der Waals surface area contributed by atoms with Gasteiger partial charge in [-0.3, -0.25) is 9.59 Å². The summed E-state index contributed by atoms with van der Waals surface area (Å²) in [6.07, 6.45) is -2.94. The van der Waals surface area contributed by atoms with E-state index in [0.29, 0.717) is 18.9 Å². The zero-order valence-corrected chi connectivity index (χ0v) is 11.8.